The molecule has 2 rings (SSSR count). The molecule has 2 N–H and O–H groups in total. The van der Waals surface area contributed by atoms with Crippen LogP contribution in [-0.4, -0.2) is 72.0 Å². The summed E-state index contributed by atoms with van der Waals surface area (Å²) in [5.74, 6) is -0.894. The quantitative estimate of drug-likeness (QED) is 0.235. The first-order valence-electron chi connectivity index (χ1n) is 14.7. The smallest absolute Gasteiger partial charge is 0.309 e. The Morgan fingerprint density at radius 3 is 2.15 bits per heavy atom. The number of urea groups is 1. The van der Waals surface area contributed by atoms with E-state index >= 15 is 0 Å². The molecule has 2 bridgehead atoms. The van der Waals surface area contributed by atoms with Crippen LogP contribution in [0.5, 0.6) is 0 Å². The van der Waals surface area contributed by atoms with Crippen molar-refractivity contribution < 1.29 is 31.4 Å². The van der Waals surface area contributed by atoms with Gasteiger partial charge in [0.1, 0.15) is 6.04 Å². The van der Waals surface area contributed by atoms with Gasteiger partial charge in [0.15, 0.2) is 0 Å². The van der Waals surface area contributed by atoms with E-state index in [0.29, 0.717) is 19.4 Å². The summed E-state index contributed by atoms with van der Waals surface area (Å²) < 4.78 is 37.6. The molecule has 0 aromatic rings. The summed E-state index contributed by atoms with van der Waals surface area (Å²) in [4.78, 5) is 38.5. The lowest BCUT2D eigenvalue weighted by Crippen LogP contribution is -2.54. The van der Waals surface area contributed by atoms with E-state index in [2.05, 4.69) is 31.6 Å². The fraction of sp³-hybridized carbons (Fsp3) is 0.885. The number of fused-ring (bicyclic) bond motifs is 2. The number of rotatable bonds is 18. The van der Waals surface area contributed by atoms with Gasteiger partial charge in [0.2, 0.25) is 5.91 Å². The molecule has 2 atom stereocenters. The van der Waals surface area contributed by atoms with Crippen molar-refractivity contribution in [2.45, 2.75) is 136 Å². The largest absolute Gasteiger partial charge is 0.437 e. The van der Waals surface area contributed by atoms with Crippen LogP contribution in [0.1, 0.15) is 118 Å². The van der Waals surface area contributed by atoms with Gasteiger partial charge in [-0.1, -0.05) is 73.1 Å². The molecule has 0 unspecified atom stereocenters. The number of amides is 4. The van der Waals surface area contributed by atoms with Gasteiger partial charge >= 0.3 is 16.4 Å². The zero-order valence-electron chi connectivity index (χ0n) is 24.4. The summed E-state index contributed by atoms with van der Waals surface area (Å²) in [6.45, 7) is 10.6. The molecule has 0 aromatic heterocycles. The minimum atomic E-state index is -4.63. The Bertz CT molecular complexity index is 908. The highest BCUT2D eigenvalue weighted by Crippen LogP contribution is 2.36. The minimum absolute atomic E-state index is 0.139. The maximum atomic E-state index is 13.3. The molecule has 12 nitrogen and oxygen atoms in total. The molecule has 0 radical (unpaired) electrons. The lowest BCUT2D eigenvalue weighted by Gasteiger charge is -2.43. The average molecular weight is 576 g/mol. The Morgan fingerprint density at radius 2 is 1.59 bits per heavy atom. The first-order chi connectivity index (χ1) is 18.6. The maximum Gasteiger partial charge on any atom is 0.437 e. The van der Waals surface area contributed by atoms with Crippen molar-refractivity contribution in [3.63, 3.8) is 0 Å². The van der Waals surface area contributed by atoms with E-state index in [1.807, 2.05) is 6.92 Å². The second-order valence-corrected chi connectivity index (χ2v) is 11.7. The lowest BCUT2D eigenvalue weighted by atomic mass is 9.82. The van der Waals surface area contributed by atoms with E-state index in [1.165, 1.54) is 4.90 Å². The van der Waals surface area contributed by atoms with Crippen LogP contribution >= 0.6 is 0 Å². The monoisotopic (exact) mass is 575 g/mol. The van der Waals surface area contributed by atoms with E-state index in [1.54, 1.807) is 12.0 Å². The third-order valence-corrected chi connectivity index (χ3v) is 8.28. The number of carbonyl (C=O) groups is 3. The molecule has 2 heterocycles. The van der Waals surface area contributed by atoms with E-state index in [9.17, 15) is 22.8 Å². The van der Waals surface area contributed by atoms with Crippen LogP contribution in [0.3, 0.4) is 0 Å². The Hall–Kier alpha value is -1.96. The number of hydrazine groups is 1. The van der Waals surface area contributed by atoms with E-state index in [-0.39, 0.29) is 18.9 Å². The zero-order chi connectivity index (χ0) is 29.1. The van der Waals surface area contributed by atoms with E-state index in [0.717, 1.165) is 69.3 Å². The van der Waals surface area contributed by atoms with Crippen molar-refractivity contribution in [3.8, 4) is 0 Å². The first kappa shape index (κ1) is 33.2. The number of hydrogen-bond donors (Lipinski definition) is 2. The van der Waals surface area contributed by atoms with Crippen LogP contribution in [0.15, 0.2) is 0 Å². The van der Waals surface area contributed by atoms with Gasteiger partial charge in [0, 0.05) is 25.0 Å². The molecule has 0 spiro atoms. The Morgan fingerprint density at radius 1 is 0.949 bits per heavy atom. The van der Waals surface area contributed by atoms with Crippen LogP contribution in [0, 0.1) is 0 Å². The number of hydroxylamine groups is 4. The molecule has 39 heavy (non-hydrogen) atoms. The van der Waals surface area contributed by atoms with Crippen molar-refractivity contribution in [2.75, 3.05) is 13.1 Å². The number of piperidine rings is 1. The van der Waals surface area contributed by atoms with Gasteiger partial charge in [-0.15, -0.1) is 4.28 Å². The summed E-state index contributed by atoms with van der Waals surface area (Å²) >= 11 is 0. The molecule has 2 aliphatic heterocycles. The molecule has 226 valence electrons. The maximum absolute atomic E-state index is 13.3. The average Bonchev–Trinajstić information content (AvgIpc) is 3.15. The molecule has 0 aliphatic carbocycles. The second kappa shape index (κ2) is 15.7. The van der Waals surface area contributed by atoms with Crippen molar-refractivity contribution in [3.05, 3.63) is 0 Å². The summed E-state index contributed by atoms with van der Waals surface area (Å²) in [5, 5.41) is 2.44. The number of unbranched alkanes of at least 4 members (excludes halogenated alkanes) is 3. The summed E-state index contributed by atoms with van der Waals surface area (Å²) in [6.07, 6.45) is 9.63. The SMILES string of the molecule is CCCCN(OS(=O)(=O)ON1C(=O)N2C[C@@H]1CC[C@H]2C(=O)NNC(=O)CC)C(CCC)(CCCC)CCCC. The highest BCUT2D eigenvalue weighted by atomic mass is 32.3. The molecular formula is C26H49N5O7S. The Balaban J connectivity index is 2.20. The number of hydrogen-bond acceptors (Lipinski definition) is 8. The first-order valence-corrected chi connectivity index (χ1v) is 16.0. The summed E-state index contributed by atoms with van der Waals surface area (Å²) in [5.41, 5.74) is 4.19. The fourth-order valence-electron chi connectivity index (χ4n) is 5.41. The predicted molar refractivity (Wildman–Crippen MR) is 147 cm³/mol. The molecular weight excluding hydrogens is 526 g/mol. The summed E-state index contributed by atoms with van der Waals surface area (Å²) in [7, 11) is -4.63. The molecule has 0 saturated carbocycles. The van der Waals surface area contributed by atoms with E-state index < -0.39 is 40.0 Å². The van der Waals surface area contributed by atoms with Crippen LogP contribution in [0.2, 0.25) is 0 Å². The molecule has 2 aliphatic rings. The molecule has 2 fully saturated rings. The van der Waals surface area contributed by atoms with Crippen molar-refractivity contribution in [1.82, 2.24) is 25.9 Å². The highest BCUT2D eigenvalue weighted by molar-refractivity contribution is 7.81. The lowest BCUT2D eigenvalue weighted by molar-refractivity contribution is -0.172. The van der Waals surface area contributed by atoms with Gasteiger partial charge < -0.3 is 4.90 Å². The van der Waals surface area contributed by atoms with E-state index in [4.69, 9.17) is 8.57 Å². The van der Waals surface area contributed by atoms with Gasteiger partial charge in [-0.05, 0) is 38.5 Å². The standard InChI is InChI=1S/C26H49N5O7S/c1-6-11-17-26(16-9-4,18-12-7-2)30(19-13-8-3)37-39(35,36)38-31-21-14-15-22(29(20-21)25(31)34)24(33)28-27-23(32)10-5/h21-22H,6-20H2,1-5H3,(H,27,32)(H,28,33)/t21-,22-/m0/s1. The number of carbonyl (C=O) groups excluding carboxylic acids is 3. The topological polar surface area (TPSA) is 138 Å². The number of nitrogens with one attached hydrogen (secondary N) is 2. The molecule has 0 aromatic carbocycles. The summed E-state index contributed by atoms with van der Waals surface area (Å²) in [6, 6.07) is -2.09. The van der Waals surface area contributed by atoms with Gasteiger partial charge in [-0.3, -0.25) is 20.4 Å². The highest BCUT2D eigenvalue weighted by Gasteiger charge is 2.50. The van der Waals surface area contributed by atoms with Gasteiger partial charge in [-0.2, -0.15) is 22.8 Å². The fourth-order valence-corrected chi connectivity index (χ4v) is 6.27. The number of nitrogens with zero attached hydrogens (tertiary/aromatic N) is 3. The van der Waals surface area contributed by atoms with Gasteiger partial charge in [0.25, 0.3) is 5.91 Å². The van der Waals surface area contributed by atoms with Crippen molar-refractivity contribution >= 4 is 28.2 Å². The Labute approximate surface area is 234 Å². The second-order valence-electron chi connectivity index (χ2n) is 10.6. The molecule has 13 heteroatoms. The Kier molecular flexibility index (Phi) is 13.4. The predicted octanol–water partition coefficient (Wildman–Crippen LogP) is 3.94. The molecule has 2 saturated heterocycles. The zero-order valence-corrected chi connectivity index (χ0v) is 25.2. The van der Waals surface area contributed by atoms with Crippen LogP contribution in [-0.2, 0) is 28.6 Å². The van der Waals surface area contributed by atoms with Crippen LogP contribution in [0.25, 0.3) is 0 Å². The van der Waals surface area contributed by atoms with Crippen molar-refractivity contribution in [2.24, 2.45) is 0 Å². The normalized spacial score (nSPS) is 19.6. The van der Waals surface area contributed by atoms with Crippen LogP contribution < -0.4 is 10.9 Å². The van der Waals surface area contributed by atoms with Crippen LogP contribution in [0.4, 0.5) is 4.79 Å². The van der Waals surface area contributed by atoms with Gasteiger partial charge in [0.05, 0.1) is 6.04 Å². The molecule has 4 amide bonds. The third kappa shape index (κ3) is 9.02. The van der Waals surface area contributed by atoms with Gasteiger partial charge in [-0.25, -0.2) is 4.79 Å². The third-order valence-electron chi connectivity index (χ3n) is 7.58. The minimum Gasteiger partial charge on any atom is -0.309 e. The van der Waals surface area contributed by atoms with Crippen molar-refractivity contribution in [1.29, 1.82) is 0 Å².